The van der Waals surface area contributed by atoms with Crippen molar-refractivity contribution in [3.63, 3.8) is 0 Å². The van der Waals surface area contributed by atoms with Crippen LogP contribution in [0.4, 0.5) is 8.78 Å². The molecule has 1 aromatic carbocycles. The van der Waals surface area contributed by atoms with Gasteiger partial charge in [-0.25, -0.2) is 17.2 Å². The number of aliphatic hydroxyl groups excluding tert-OH is 1. The number of halogens is 2. The number of amides is 1. The molecule has 0 radical (unpaired) electrons. The first-order valence-electron chi connectivity index (χ1n) is 9.45. The number of carbonyl (C=O) groups is 1. The Labute approximate surface area is 172 Å². The summed E-state index contributed by atoms with van der Waals surface area (Å²) in [6.07, 6.45) is -0.406. The highest BCUT2D eigenvalue weighted by atomic mass is 32.2. The summed E-state index contributed by atoms with van der Waals surface area (Å²) in [5.41, 5.74) is 0.117. The largest absolute Gasteiger partial charge is 0.386 e. The molecular weight excluding hydrogens is 420 g/mol. The third kappa shape index (κ3) is 4.52. The van der Waals surface area contributed by atoms with Crippen LogP contribution in [0.5, 0.6) is 0 Å². The van der Waals surface area contributed by atoms with Crippen molar-refractivity contribution in [1.29, 1.82) is 0 Å². The van der Waals surface area contributed by atoms with Gasteiger partial charge in [-0.1, -0.05) is 11.2 Å². The third-order valence-corrected chi connectivity index (χ3v) is 7.22. The minimum atomic E-state index is -3.87. The van der Waals surface area contributed by atoms with Gasteiger partial charge in [-0.05, 0) is 32.8 Å². The molecule has 1 fully saturated rings. The first-order valence-corrected chi connectivity index (χ1v) is 10.9. The first-order chi connectivity index (χ1) is 14.1. The Morgan fingerprint density at radius 1 is 1.40 bits per heavy atom. The van der Waals surface area contributed by atoms with Gasteiger partial charge in [0.2, 0.25) is 15.9 Å². The standard InChI is InChI=1S/C19H23F2N3O5S/c1-11-18(12(2)29-23-11)30(27,28)24-7-3-4-13(10-24)19(26)22-9-17(25)15-6-5-14(20)8-16(15)21/h5-6,8,13,17,25H,3-4,7,9-10H2,1-2H3,(H,22,26). The molecule has 3 rings (SSSR count). The topological polar surface area (TPSA) is 113 Å². The van der Waals surface area contributed by atoms with E-state index in [9.17, 15) is 27.1 Å². The number of aromatic nitrogens is 1. The van der Waals surface area contributed by atoms with E-state index in [2.05, 4.69) is 10.5 Å². The predicted molar refractivity (Wildman–Crippen MR) is 102 cm³/mol. The van der Waals surface area contributed by atoms with Gasteiger partial charge in [-0.15, -0.1) is 0 Å². The average Bonchev–Trinajstić information content (AvgIpc) is 3.04. The minimum absolute atomic E-state index is 0.00534. The number of aliphatic hydroxyl groups is 1. The summed E-state index contributed by atoms with van der Waals surface area (Å²) in [4.78, 5) is 12.5. The molecule has 2 aromatic rings. The molecule has 0 bridgehead atoms. The zero-order valence-electron chi connectivity index (χ0n) is 16.6. The van der Waals surface area contributed by atoms with E-state index >= 15 is 0 Å². The van der Waals surface area contributed by atoms with E-state index in [1.165, 1.54) is 18.2 Å². The molecule has 1 aliphatic rings. The van der Waals surface area contributed by atoms with Crippen LogP contribution in [-0.2, 0) is 14.8 Å². The number of rotatable bonds is 6. The van der Waals surface area contributed by atoms with Crippen LogP contribution < -0.4 is 5.32 Å². The zero-order valence-corrected chi connectivity index (χ0v) is 17.4. The van der Waals surface area contributed by atoms with Gasteiger partial charge >= 0.3 is 0 Å². The first kappa shape index (κ1) is 22.3. The summed E-state index contributed by atoms with van der Waals surface area (Å²) < 4.78 is 58.9. The lowest BCUT2D eigenvalue weighted by molar-refractivity contribution is -0.126. The Morgan fingerprint density at radius 3 is 2.77 bits per heavy atom. The molecule has 11 heteroatoms. The van der Waals surface area contributed by atoms with E-state index in [0.717, 1.165) is 12.1 Å². The van der Waals surface area contributed by atoms with E-state index < -0.39 is 39.6 Å². The summed E-state index contributed by atoms with van der Waals surface area (Å²) in [6, 6.07) is 2.78. The molecule has 2 N–H and O–H groups in total. The van der Waals surface area contributed by atoms with Gasteiger partial charge in [-0.2, -0.15) is 4.31 Å². The molecule has 0 saturated carbocycles. The number of sulfonamides is 1. The molecule has 30 heavy (non-hydrogen) atoms. The normalized spacial score (nSPS) is 18.9. The van der Waals surface area contributed by atoms with Crippen molar-refractivity contribution < 1.29 is 31.6 Å². The highest BCUT2D eigenvalue weighted by Crippen LogP contribution is 2.28. The van der Waals surface area contributed by atoms with Gasteiger partial charge in [-0.3, -0.25) is 4.79 Å². The number of hydrogen-bond donors (Lipinski definition) is 2. The number of piperidine rings is 1. The molecular formula is C19H23F2N3O5S. The van der Waals surface area contributed by atoms with Crippen molar-refractivity contribution in [2.75, 3.05) is 19.6 Å². The quantitative estimate of drug-likeness (QED) is 0.704. The van der Waals surface area contributed by atoms with Gasteiger partial charge in [0.05, 0.1) is 12.0 Å². The molecule has 1 saturated heterocycles. The highest BCUT2D eigenvalue weighted by molar-refractivity contribution is 7.89. The monoisotopic (exact) mass is 443 g/mol. The van der Waals surface area contributed by atoms with Gasteiger partial charge in [0.15, 0.2) is 5.76 Å². The fraction of sp³-hybridized carbons (Fsp3) is 0.474. The van der Waals surface area contributed by atoms with Crippen LogP contribution in [0.1, 0.15) is 36.0 Å². The van der Waals surface area contributed by atoms with Crippen LogP contribution in [0.25, 0.3) is 0 Å². The fourth-order valence-electron chi connectivity index (χ4n) is 3.57. The number of nitrogens with one attached hydrogen (secondary N) is 1. The van der Waals surface area contributed by atoms with Crippen LogP contribution in [-0.4, -0.2) is 48.5 Å². The lowest BCUT2D eigenvalue weighted by atomic mass is 9.98. The molecule has 0 aliphatic carbocycles. The Morgan fingerprint density at radius 2 is 2.13 bits per heavy atom. The van der Waals surface area contributed by atoms with Crippen molar-refractivity contribution in [2.45, 2.75) is 37.7 Å². The maximum atomic E-state index is 13.8. The van der Waals surface area contributed by atoms with Gasteiger partial charge in [0.1, 0.15) is 22.2 Å². The Bertz CT molecular complexity index is 1020. The van der Waals surface area contributed by atoms with Gasteiger partial charge in [0, 0.05) is 31.3 Å². The molecule has 164 valence electrons. The SMILES string of the molecule is Cc1noc(C)c1S(=O)(=O)N1CCCC(C(=O)NCC(O)c2ccc(F)cc2F)C1. The lowest BCUT2D eigenvalue weighted by Crippen LogP contribution is -2.46. The van der Waals surface area contributed by atoms with Crippen molar-refractivity contribution in [2.24, 2.45) is 5.92 Å². The zero-order chi connectivity index (χ0) is 22.1. The Kier molecular flexibility index (Phi) is 6.53. The minimum Gasteiger partial charge on any atom is -0.386 e. The molecule has 2 unspecified atom stereocenters. The summed E-state index contributed by atoms with van der Waals surface area (Å²) in [5.74, 6) is -2.57. The number of benzene rings is 1. The number of carbonyl (C=O) groups excluding carboxylic acids is 1. The second-order valence-corrected chi connectivity index (χ2v) is 9.16. The molecule has 0 spiro atoms. The number of nitrogens with zero attached hydrogens (tertiary/aromatic N) is 2. The van der Waals surface area contributed by atoms with Gasteiger partial charge < -0.3 is 14.9 Å². The van der Waals surface area contributed by atoms with Crippen molar-refractivity contribution in [3.8, 4) is 0 Å². The summed E-state index contributed by atoms with van der Waals surface area (Å²) in [6.45, 7) is 3.00. The van der Waals surface area contributed by atoms with E-state index in [1.54, 1.807) is 0 Å². The van der Waals surface area contributed by atoms with Crippen molar-refractivity contribution in [1.82, 2.24) is 14.8 Å². The summed E-state index contributed by atoms with van der Waals surface area (Å²) >= 11 is 0. The van der Waals surface area contributed by atoms with E-state index in [1.807, 2.05) is 0 Å². The lowest BCUT2D eigenvalue weighted by Gasteiger charge is -2.31. The Hall–Kier alpha value is -2.37. The fourth-order valence-corrected chi connectivity index (χ4v) is 5.38. The maximum absolute atomic E-state index is 13.8. The van der Waals surface area contributed by atoms with E-state index in [0.29, 0.717) is 18.9 Å². The van der Waals surface area contributed by atoms with E-state index in [4.69, 9.17) is 4.52 Å². The molecule has 2 heterocycles. The molecule has 1 aromatic heterocycles. The second kappa shape index (κ2) is 8.78. The predicted octanol–water partition coefficient (Wildman–Crippen LogP) is 1.82. The van der Waals surface area contributed by atoms with Crippen LogP contribution in [0.3, 0.4) is 0 Å². The average molecular weight is 443 g/mol. The van der Waals surface area contributed by atoms with E-state index in [-0.39, 0.29) is 41.5 Å². The second-order valence-electron chi connectivity index (χ2n) is 7.28. The smallest absolute Gasteiger partial charge is 0.248 e. The van der Waals surface area contributed by atoms with Crippen LogP contribution in [0.15, 0.2) is 27.6 Å². The molecule has 2 atom stereocenters. The van der Waals surface area contributed by atoms with Crippen molar-refractivity contribution in [3.05, 3.63) is 46.9 Å². The molecule has 1 aliphatic heterocycles. The molecule has 1 amide bonds. The number of hydrogen-bond acceptors (Lipinski definition) is 6. The van der Waals surface area contributed by atoms with Crippen LogP contribution in [0.2, 0.25) is 0 Å². The number of aryl methyl sites for hydroxylation is 2. The van der Waals surface area contributed by atoms with Crippen molar-refractivity contribution >= 4 is 15.9 Å². The third-order valence-electron chi connectivity index (χ3n) is 5.11. The highest BCUT2D eigenvalue weighted by Gasteiger charge is 2.36. The maximum Gasteiger partial charge on any atom is 0.248 e. The van der Waals surface area contributed by atoms with Crippen LogP contribution >= 0.6 is 0 Å². The van der Waals surface area contributed by atoms with Gasteiger partial charge in [0.25, 0.3) is 0 Å². The van der Waals surface area contributed by atoms with Crippen LogP contribution in [0, 0.1) is 31.4 Å². The summed E-state index contributed by atoms with van der Waals surface area (Å²) in [5, 5.41) is 16.3. The summed E-state index contributed by atoms with van der Waals surface area (Å²) in [7, 11) is -3.87. The molecule has 8 nitrogen and oxygen atoms in total. The Balaban J connectivity index is 1.64.